The van der Waals surface area contributed by atoms with Gasteiger partial charge < -0.3 is 9.64 Å². The second kappa shape index (κ2) is 6.47. The highest BCUT2D eigenvalue weighted by Crippen LogP contribution is 2.38. The Morgan fingerprint density at radius 2 is 2.04 bits per heavy atom. The molecule has 118 valence electrons. The van der Waals surface area contributed by atoms with Crippen LogP contribution < -0.4 is 9.64 Å². The number of ether oxygens (including phenoxy) is 1. The lowest BCUT2D eigenvalue weighted by molar-refractivity contribution is -0.105. The van der Waals surface area contributed by atoms with Gasteiger partial charge in [-0.3, -0.25) is 4.79 Å². The number of rotatable bonds is 4. The number of fused-ring (bicyclic) bond motifs is 1. The summed E-state index contributed by atoms with van der Waals surface area (Å²) in [5, 5.41) is 0.670. The first-order valence-electron chi connectivity index (χ1n) is 7.47. The third-order valence-electron chi connectivity index (χ3n) is 4.24. The summed E-state index contributed by atoms with van der Waals surface area (Å²) in [5.74, 6) is 0.806. The Hall–Kier alpha value is -2.26. The molecule has 0 fully saturated rings. The van der Waals surface area contributed by atoms with Gasteiger partial charge in [0, 0.05) is 22.8 Å². The number of hydrogen-bond donors (Lipinski definition) is 0. The van der Waals surface area contributed by atoms with Crippen LogP contribution in [0.1, 0.15) is 17.2 Å². The molecule has 1 heterocycles. The zero-order chi connectivity index (χ0) is 16.4. The molecule has 2 aromatic rings. The van der Waals surface area contributed by atoms with E-state index in [1.54, 1.807) is 7.11 Å². The number of carbonyl (C=O) groups excluding carboxylic acids is 1. The van der Waals surface area contributed by atoms with Crippen molar-refractivity contribution < 1.29 is 9.53 Å². The Labute approximate surface area is 141 Å². The predicted octanol–water partition coefficient (Wildman–Crippen LogP) is 4.21. The van der Waals surface area contributed by atoms with Gasteiger partial charge in [-0.1, -0.05) is 24.2 Å². The van der Waals surface area contributed by atoms with E-state index in [1.165, 1.54) is 5.56 Å². The second-order valence-electron chi connectivity index (χ2n) is 5.58. The van der Waals surface area contributed by atoms with Crippen molar-refractivity contribution in [1.29, 1.82) is 0 Å². The second-order valence-corrected chi connectivity index (χ2v) is 6.02. The van der Waals surface area contributed by atoms with E-state index in [9.17, 15) is 4.79 Å². The monoisotopic (exact) mass is 327 g/mol. The number of halogens is 1. The number of carbonyl (C=O) groups is 1. The zero-order valence-electron chi connectivity index (χ0n) is 13.0. The third kappa shape index (κ3) is 2.97. The summed E-state index contributed by atoms with van der Waals surface area (Å²) in [4.78, 5) is 13.6. The zero-order valence-corrected chi connectivity index (χ0v) is 13.7. The Balaban J connectivity index is 2.05. The lowest BCUT2D eigenvalue weighted by atomic mass is 9.88. The van der Waals surface area contributed by atoms with Gasteiger partial charge in [0.2, 0.25) is 0 Å². The van der Waals surface area contributed by atoms with Crippen molar-refractivity contribution in [3.05, 3.63) is 70.8 Å². The van der Waals surface area contributed by atoms with Crippen molar-refractivity contribution in [3.63, 3.8) is 0 Å². The van der Waals surface area contributed by atoms with Gasteiger partial charge in [0.25, 0.3) is 0 Å². The Kier molecular flexibility index (Phi) is 4.39. The topological polar surface area (TPSA) is 29.5 Å². The van der Waals surface area contributed by atoms with E-state index in [2.05, 4.69) is 11.5 Å². The summed E-state index contributed by atoms with van der Waals surface area (Å²) < 4.78 is 5.21. The van der Waals surface area contributed by atoms with Gasteiger partial charge >= 0.3 is 0 Å². The molecule has 0 aromatic heterocycles. The van der Waals surface area contributed by atoms with Gasteiger partial charge in [0.15, 0.2) is 0 Å². The molecule has 1 aliphatic rings. The largest absolute Gasteiger partial charge is 0.497 e. The first-order valence-corrected chi connectivity index (χ1v) is 7.85. The van der Waals surface area contributed by atoms with Crippen LogP contribution in [0.3, 0.4) is 0 Å². The van der Waals surface area contributed by atoms with Crippen LogP contribution in [0.5, 0.6) is 5.75 Å². The molecule has 0 saturated heterocycles. The van der Waals surface area contributed by atoms with Crippen molar-refractivity contribution in [2.45, 2.75) is 12.5 Å². The molecule has 2 aromatic carbocycles. The maximum absolute atomic E-state index is 11.4. The van der Waals surface area contributed by atoms with Gasteiger partial charge in [0.1, 0.15) is 12.0 Å². The van der Waals surface area contributed by atoms with E-state index in [-0.39, 0.29) is 6.04 Å². The molecule has 23 heavy (non-hydrogen) atoms. The van der Waals surface area contributed by atoms with E-state index >= 15 is 0 Å². The normalized spacial score (nSPS) is 16.6. The lowest BCUT2D eigenvalue weighted by Crippen LogP contribution is -2.36. The third-order valence-corrected chi connectivity index (χ3v) is 4.48. The van der Waals surface area contributed by atoms with E-state index in [0.717, 1.165) is 36.3 Å². The molecule has 1 atom stereocenters. The molecule has 0 N–H and O–H groups in total. The number of methoxy groups -OCH3 is 1. The fourth-order valence-corrected chi connectivity index (χ4v) is 3.28. The maximum Gasteiger partial charge on any atom is 0.147 e. The minimum Gasteiger partial charge on any atom is -0.497 e. The van der Waals surface area contributed by atoms with Gasteiger partial charge in [-0.05, 0) is 53.9 Å². The van der Waals surface area contributed by atoms with Gasteiger partial charge in [0.05, 0.1) is 13.2 Å². The molecule has 0 spiro atoms. The number of benzene rings is 2. The van der Waals surface area contributed by atoms with Crippen molar-refractivity contribution in [3.8, 4) is 5.75 Å². The standard InChI is InChI=1S/C19H18ClNO2/c1-13(12-22)19-18-11-15(20)4-3-14(18)9-10-21(19)16-5-7-17(23-2)8-6-16/h3-8,11-12,19H,1,9-10H2,2H3/t19-/m1/s1. The molecule has 0 amide bonds. The van der Waals surface area contributed by atoms with Crippen LogP contribution in [0, 0.1) is 0 Å². The number of anilines is 1. The summed E-state index contributed by atoms with van der Waals surface area (Å²) in [6.45, 7) is 4.78. The lowest BCUT2D eigenvalue weighted by Gasteiger charge is -2.39. The van der Waals surface area contributed by atoms with E-state index < -0.39 is 0 Å². The first kappa shape index (κ1) is 15.6. The highest BCUT2D eigenvalue weighted by Gasteiger charge is 2.29. The number of hydrogen-bond acceptors (Lipinski definition) is 3. The maximum atomic E-state index is 11.4. The number of aldehydes is 1. The van der Waals surface area contributed by atoms with Gasteiger partial charge in [-0.15, -0.1) is 0 Å². The first-order chi connectivity index (χ1) is 11.1. The highest BCUT2D eigenvalue weighted by molar-refractivity contribution is 6.30. The quantitative estimate of drug-likeness (QED) is 0.622. The van der Waals surface area contributed by atoms with Crippen molar-refractivity contribution in [1.82, 2.24) is 0 Å². The SMILES string of the molecule is C=C(C=O)[C@@H]1c2cc(Cl)ccc2CCN1c1ccc(OC)cc1. The minimum absolute atomic E-state index is 0.191. The average molecular weight is 328 g/mol. The Morgan fingerprint density at radius 1 is 1.30 bits per heavy atom. The van der Waals surface area contributed by atoms with Crippen molar-refractivity contribution in [2.24, 2.45) is 0 Å². The highest BCUT2D eigenvalue weighted by atomic mass is 35.5. The molecular formula is C19H18ClNO2. The number of nitrogens with zero attached hydrogens (tertiary/aromatic N) is 1. The molecular weight excluding hydrogens is 310 g/mol. The summed E-state index contributed by atoms with van der Waals surface area (Å²) in [6.07, 6.45) is 1.73. The molecule has 0 unspecified atom stereocenters. The molecule has 0 saturated carbocycles. The van der Waals surface area contributed by atoms with E-state index in [1.807, 2.05) is 42.5 Å². The van der Waals surface area contributed by atoms with E-state index in [4.69, 9.17) is 16.3 Å². The predicted molar refractivity (Wildman–Crippen MR) is 93.4 cm³/mol. The fraction of sp³-hybridized carbons (Fsp3) is 0.211. The molecule has 4 heteroatoms. The van der Waals surface area contributed by atoms with Crippen molar-refractivity contribution in [2.75, 3.05) is 18.6 Å². The molecule has 3 rings (SSSR count). The summed E-state index contributed by atoms with van der Waals surface area (Å²) in [6, 6.07) is 13.5. The Bertz CT molecular complexity index is 740. The minimum atomic E-state index is -0.191. The molecule has 0 radical (unpaired) electrons. The van der Waals surface area contributed by atoms with Crippen LogP contribution in [-0.2, 0) is 11.2 Å². The van der Waals surface area contributed by atoms with E-state index in [0.29, 0.717) is 10.6 Å². The molecule has 0 bridgehead atoms. The van der Waals surface area contributed by atoms with Gasteiger partial charge in [-0.2, -0.15) is 0 Å². The van der Waals surface area contributed by atoms with Crippen molar-refractivity contribution >= 4 is 23.6 Å². The van der Waals surface area contributed by atoms with Crippen LogP contribution in [0.25, 0.3) is 0 Å². The average Bonchev–Trinajstić information content (AvgIpc) is 2.60. The van der Waals surface area contributed by atoms with Crippen LogP contribution in [0.15, 0.2) is 54.6 Å². The summed E-state index contributed by atoms with van der Waals surface area (Å²) in [7, 11) is 1.64. The van der Waals surface area contributed by atoms with Crippen LogP contribution in [-0.4, -0.2) is 19.9 Å². The summed E-state index contributed by atoms with van der Waals surface area (Å²) >= 11 is 6.17. The molecule has 3 nitrogen and oxygen atoms in total. The molecule has 1 aliphatic heterocycles. The fourth-order valence-electron chi connectivity index (χ4n) is 3.10. The smallest absolute Gasteiger partial charge is 0.147 e. The van der Waals surface area contributed by atoms with Crippen LogP contribution in [0.2, 0.25) is 5.02 Å². The van der Waals surface area contributed by atoms with Gasteiger partial charge in [-0.25, -0.2) is 0 Å². The van der Waals surface area contributed by atoms with Crippen LogP contribution in [0.4, 0.5) is 5.69 Å². The Morgan fingerprint density at radius 3 is 2.70 bits per heavy atom. The molecule has 0 aliphatic carbocycles. The summed E-state index contributed by atoms with van der Waals surface area (Å²) in [5.41, 5.74) is 3.83. The van der Waals surface area contributed by atoms with Crippen LogP contribution >= 0.6 is 11.6 Å².